The molecule has 0 saturated heterocycles. The van der Waals surface area contributed by atoms with Crippen LogP contribution in [-0.2, 0) is 7.05 Å². The number of hydrogen-bond acceptors (Lipinski definition) is 2. The number of aromatic nitrogens is 4. The van der Waals surface area contributed by atoms with E-state index < -0.39 is 0 Å². The summed E-state index contributed by atoms with van der Waals surface area (Å²) in [6, 6.07) is 0. The maximum absolute atomic E-state index is 3.78. The SMILES string of the molecule is C=Cn1ccnc1.Cn1ccnc1. The van der Waals surface area contributed by atoms with Crippen molar-refractivity contribution >= 4 is 6.20 Å². The molecule has 2 rings (SSSR count). The van der Waals surface area contributed by atoms with Gasteiger partial charge in [0.05, 0.1) is 12.7 Å². The highest BCUT2D eigenvalue weighted by Gasteiger charge is 1.73. The van der Waals surface area contributed by atoms with Gasteiger partial charge >= 0.3 is 0 Å². The monoisotopic (exact) mass is 176 g/mol. The van der Waals surface area contributed by atoms with Crippen LogP contribution >= 0.6 is 0 Å². The standard InChI is InChI=1S/C5H6N2.C4H6N2/c1-2-7-4-3-6-5-7;1-6-3-2-5-4-6/h2-5H,1H2;2-4H,1H3. The molecular weight excluding hydrogens is 164 g/mol. The maximum atomic E-state index is 3.78. The highest BCUT2D eigenvalue weighted by molar-refractivity contribution is 5.14. The van der Waals surface area contributed by atoms with Crippen molar-refractivity contribution in [3.63, 3.8) is 0 Å². The Hall–Kier alpha value is -1.84. The van der Waals surface area contributed by atoms with Crippen molar-refractivity contribution in [2.75, 3.05) is 0 Å². The molecule has 0 aliphatic carbocycles. The predicted molar refractivity (Wildman–Crippen MR) is 51.8 cm³/mol. The lowest BCUT2D eigenvalue weighted by Gasteiger charge is -1.80. The van der Waals surface area contributed by atoms with Crippen molar-refractivity contribution in [1.82, 2.24) is 19.1 Å². The van der Waals surface area contributed by atoms with E-state index in [4.69, 9.17) is 0 Å². The van der Waals surface area contributed by atoms with E-state index >= 15 is 0 Å². The van der Waals surface area contributed by atoms with Gasteiger partial charge in [-0.25, -0.2) is 9.97 Å². The fourth-order valence-electron chi connectivity index (χ4n) is 0.703. The molecule has 0 spiro atoms. The van der Waals surface area contributed by atoms with Gasteiger partial charge in [0.1, 0.15) is 0 Å². The molecule has 0 radical (unpaired) electrons. The summed E-state index contributed by atoms with van der Waals surface area (Å²) in [6.07, 6.45) is 12.3. The van der Waals surface area contributed by atoms with E-state index in [0.717, 1.165) is 0 Å². The first-order valence-corrected chi connectivity index (χ1v) is 3.85. The second-order valence-corrected chi connectivity index (χ2v) is 2.42. The number of hydrogen-bond donors (Lipinski definition) is 0. The quantitative estimate of drug-likeness (QED) is 0.658. The van der Waals surface area contributed by atoms with Gasteiger partial charge in [0, 0.05) is 38.0 Å². The Kier molecular flexibility index (Phi) is 3.50. The smallest absolute Gasteiger partial charge is 0.0986 e. The molecule has 2 heterocycles. The molecule has 4 heteroatoms. The average Bonchev–Trinajstić information content (AvgIpc) is 2.76. The lowest BCUT2D eigenvalue weighted by Crippen LogP contribution is -1.76. The van der Waals surface area contributed by atoms with Gasteiger partial charge in [-0.1, -0.05) is 6.58 Å². The van der Waals surface area contributed by atoms with Crippen LogP contribution in [0, 0.1) is 0 Å². The minimum Gasteiger partial charge on any atom is -0.341 e. The fraction of sp³-hybridized carbons (Fsp3) is 0.111. The summed E-state index contributed by atoms with van der Waals surface area (Å²) in [7, 11) is 1.94. The summed E-state index contributed by atoms with van der Waals surface area (Å²) in [4.78, 5) is 7.57. The van der Waals surface area contributed by atoms with Crippen LogP contribution in [0.25, 0.3) is 6.20 Å². The summed E-state index contributed by atoms with van der Waals surface area (Å²) in [6.45, 7) is 3.53. The van der Waals surface area contributed by atoms with Crippen molar-refractivity contribution in [2.45, 2.75) is 0 Å². The van der Waals surface area contributed by atoms with E-state index in [9.17, 15) is 0 Å². The van der Waals surface area contributed by atoms with Gasteiger partial charge in [-0.15, -0.1) is 0 Å². The average molecular weight is 176 g/mol. The molecule has 13 heavy (non-hydrogen) atoms. The van der Waals surface area contributed by atoms with Crippen LogP contribution in [0.4, 0.5) is 0 Å². The summed E-state index contributed by atoms with van der Waals surface area (Å²) in [5, 5.41) is 0. The third kappa shape index (κ3) is 3.37. The number of aryl methyl sites for hydroxylation is 1. The Morgan fingerprint density at radius 1 is 1.15 bits per heavy atom. The van der Waals surface area contributed by atoms with E-state index in [-0.39, 0.29) is 0 Å². The van der Waals surface area contributed by atoms with Crippen molar-refractivity contribution < 1.29 is 0 Å². The Bertz CT molecular complexity index is 320. The van der Waals surface area contributed by atoms with Crippen LogP contribution < -0.4 is 0 Å². The zero-order valence-electron chi connectivity index (χ0n) is 7.54. The van der Waals surface area contributed by atoms with Gasteiger partial charge in [0.2, 0.25) is 0 Å². The molecule has 0 N–H and O–H groups in total. The van der Waals surface area contributed by atoms with Gasteiger partial charge in [-0.05, 0) is 0 Å². The number of imidazole rings is 2. The third-order valence-electron chi connectivity index (χ3n) is 1.37. The molecule has 0 fully saturated rings. The molecule has 68 valence electrons. The van der Waals surface area contributed by atoms with Crippen LogP contribution in [0.1, 0.15) is 0 Å². The van der Waals surface area contributed by atoms with Gasteiger partial charge in [0.25, 0.3) is 0 Å². The van der Waals surface area contributed by atoms with Crippen LogP contribution in [-0.4, -0.2) is 19.1 Å². The Labute approximate surface area is 77.2 Å². The van der Waals surface area contributed by atoms with E-state index in [0.29, 0.717) is 0 Å². The highest BCUT2D eigenvalue weighted by Crippen LogP contribution is 1.81. The normalized spacial score (nSPS) is 8.69. The van der Waals surface area contributed by atoms with Gasteiger partial charge in [0.15, 0.2) is 0 Å². The second-order valence-electron chi connectivity index (χ2n) is 2.42. The molecule has 0 aliphatic heterocycles. The highest BCUT2D eigenvalue weighted by atomic mass is 15.0. The van der Waals surface area contributed by atoms with Crippen LogP contribution in [0.2, 0.25) is 0 Å². The van der Waals surface area contributed by atoms with E-state index in [1.807, 2.05) is 24.0 Å². The largest absolute Gasteiger partial charge is 0.341 e. The number of nitrogens with zero attached hydrogens (tertiary/aromatic N) is 4. The topological polar surface area (TPSA) is 35.6 Å². The van der Waals surface area contributed by atoms with Gasteiger partial charge in [-0.2, -0.15) is 0 Å². The molecule has 0 bridgehead atoms. The lowest BCUT2D eigenvalue weighted by atomic mass is 10.9. The first-order valence-electron chi connectivity index (χ1n) is 3.85. The molecule has 2 aromatic rings. The molecule has 4 nitrogen and oxygen atoms in total. The van der Waals surface area contributed by atoms with Crippen molar-refractivity contribution in [1.29, 1.82) is 0 Å². The number of rotatable bonds is 1. The molecule has 2 aromatic heterocycles. The molecule has 0 unspecified atom stereocenters. The van der Waals surface area contributed by atoms with Crippen molar-refractivity contribution in [2.24, 2.45) is 7.05 Å². The first kappa shape index (κ1) is 9.25. The maximum Gasteiger partial charge on any atom is 0.0986 e. The summed E-state index contributed by atoms with van der Waals surface area (Å²) in [5.41, 5.74) is 0. The first-order chi connectivity index (χ1) is 6.33. The molecular formula is C9H12N4. The summed E-state index contributed by atoms with van der Waals surface area (Å²) < 4.78 is 3.67. The van der Waals surface area contributed by atoms with Crippen LogP contribution in [0.5, 0.6) is 0 Å². The van der Waals surface area contributed by atoms with Gasteiger partial charge < -0.3 is 9.13 Å². The molecule has 0 aliphatic rings. The van der Waals surface area contributed by atoms with Crippen molar-refractivity contribution in [3.8, 4) is 0 Å². The minimum atomic E-state index is 1.69. The van der Waals surface area contributed by atoms with Crippen LogP contribution in [0.3, 0.4) is 0 Å². The molecule has 0 atom stereocenters. The zero-order chi connectivity index (χ0) is 9.52. The van der Waals surface area contributed by atoms with Crippen molar-refractivity contribution in [3.05, 3.63) is 44.0 Å². The van der Waals surface area contributed by atoms with E-state index in [2.05, 4.69) is 16.5 Å². The Morgan fingerprint density at radius 2 is 1.85 bits per heavy atom. The fourth-order valence-corrected chi connectivity index (χ4v) is 0.703. The molecule has 0 amide bonds. The van der Waals surface area contributed by atoms with Gasteiger partial charge in [-0.3, -0.25) is 0 Å². The predicted octanol–water partition coefficient (Wildman–Crippen LogP) is 1.40. The third-order valence-corrected chi connectivity index (χ3v) is 1.37. The minimum absolute atomic E-state index is 1.69. The summed E-state index contributed by atoms with van der Waals surface area (Å²) >= 11 is 0. The summed E-state index contributed by atoms with van der Waals surface area (Å²) in [5.74, 6) is 0. The second kappa shape index (κ2) is 4.92. The van der Waals surface area contributed by atoms with E-state index in [1.54, 1.807) is 35.8 Å². The lowest BCUT2D eigenvalue weighted by molar-refractivity contribution is 0.913. The zero-order valence-corrected chi connectivity index (χ0v) is 7.54. The Balaban J connectivity index is 0.000000132. The Morgan fingerprint density at radius 3 is 2.08 bits per heavy atom. The van der Waals surface area contributed by atoms with E-state index in [1.165, 1.54) is 0 Å². The van der Waals surface area contributed by atoms with Crippen LogP contribution in [0.15, 0.2) is 44.0 Å². The molecule has 0 saturated carbocycles. The molecule has 0 aromatic carbocycles.